The molecule has 0 saturated heterocycles. The van der Waals surface area contributed by atoms with Gasteiger partial charge in [0.05, 0.1) is 13.2 Å². The summed E-state index contributed by atoms with van der Waals surface area (Å²) in [6.07, 6.45) is 20.2. The lowest BCUT2D eigenvalue weighted by Gasteiger charge is -2.59. The molecule has 0 amide bonds. The monoisotopic (exact) mass is 624 g/mol. The first-order chi connectivity index (χ1) is 22.6. The van der Waals surface area contributed by atoms with Crippen LogP contribution >= 0.6 is 0 Å². The third kappa shape index (κ3) is 5.05. The van der Waals surface area contributed by atoms with Crippen LogP contribution in [0.25, 0.3) is 10.8 Å². The molecular formula is C40H48O6. The SMILES string of the molecule is C1=C(COCCOc2ccc3c(OCCOCC4=CO4)ccc(C45CC6CC(CC(C6)C4)C5)c3c2C23CC4CC(CC(C4)C2)C3)O1. The van der Waals surface area contributed by atoms with Gasteiger partial charge in [-0.2, -0.15) is 0 Å². The first kappa shape index (κ1) is 28.3. The fourth-order valence-corrected chi connectivity index (χ4v) is 12.5. The Hall–Kier alpha value is -2.70. The third-order valence-electron chi connectivity index (χ3n) is 13.3. The van der Waals surface area contributed by atoms with Crippen molar-refractivity contribution in [3.63, 3.8) is 0 Å². The molecule has 2 aliphatic heterocycles. The Kier molecular flexibility index (Phi) is 6.72. The molecule has 0 radical (unpaired) electrons. The number of hydrogen-bond donors (Lipinski definition) is 0. The van der Waals surface area contributed by atoms with Gasteiger partial charge >= 0.3 is 0 Å². The van der Waals surface area contributed by atoms with Crippen molar-refractivity contribution in [2.24, 2.45) is 35.5 Å². The van der Waals surface area contributed by atoms with Crippen molar-refractivity contribution < 1.29 is 28.4 Å². The van der Waals surface area contributed by atoms with E-state index in [1.165, 1.54) is 93.4 Å². The molecule has 46 heavy (non-hydrogen) atoms. The highest BCUT2D eigenvalue weighted by molar-refractivity contribution is 5.97. The van der Waals surface area contributed by atoms with Crippen molar-refractivity contribution in [3.05, 3.63) is 59.4 Å². The minimum Gasteiger partial charge on any atom is -0.491 e. The first-order valence-electron chi connectivity index (χ1n) is 18.3. The molecule has 0 spiro atoms. The van der Waals surface area contributed by atoms with E-state index in [0.29, 0.717) is 39.6 Å². The Bertz CT molecular complexity index is 1520. The Morgan fingerprint density at radius 2 is 1.00 bits per heavy atom. The van der Waals surface area contributed by atoms with Crippen LogP contribution < -0.4 is 9.47 Å². The number of rotatable bonds is 14. The van der Waals surface area contributed by atoms with E-state index in [2.05, 4.69) is 24.3 Å². The zero-order chi connectivity index (χ0) is 30.3. The van der Waals surface area contributed by atoms with Gasteiger partial charge in [-0.15, -0.1) is 0 Å². The quantitative estimate of drug-likeness (QED) is 0.197. The highest BCUT2D eigenvalue weighted by atomic mass is 16.6. The summed E-state index contributed by atoms with van der Waals surface area (Å²) >= 11 is 0. The summed E-state index contributed by atoms with van der Waals surface area (Å²) in [6, 6.07) is 9.41. The normalized spacial score (nSPS) is 37.1. The summed E-state index contributed by atoms with van der Waals surface area (Å²) < 4.78 is 35.4. The van der Waals surface area contributed by atoms with Crippen molar-refractivity contribution in [1.29, 1.82) is 0 Å². The molecule has 10 aliphatic rings. The smallest absolute Gasteiger partial charge is 0.164 e. The van der Waals surface area contributed by atoms with Gasteiger partial charge in [-0.25, -0.2) is 0 Å². The largest absolute Gasteiger partial charge is 0.491 e. The van der Waals surface area contributed by atoms with E-state index in [0.717, 1.165) is 58.5 Å². The predicted molar refractivity (Wildman–Crippen MR) is 175 cm³/mol. The van der Waals surface area contributed by atoms with Crippen LogP contribution in [0.1, 0.15) is 88.2 Å². The molecule has 0 unspecified atom stereocenters. The zero-order valence-electron chi connectivity index (χ0n) is 27.1. The van der Waals surface area contributed by atoms with Gasteiger partial charge in [0.25, 0.3) is 0 Å². The average Bonchev–Trinajstić information content (AvgIpc) is 3.96. The highest BCUT2D eigenvalue weighted by Crippen LogP contribution is 2.66. The van der Waals surface area contributed by atoms with Crippen LogP contribution in [0.4, 0.5) is 0 Å². The van der Waals surface area contributed by atoms with E-state index < -0.39 is 0 Å². The molecule has 8 bridgehead atoms. The van der Waals surface area contributed by atoms with Crippen LogP contribution in [0.15, 0.2) is 48.3 Å². The summed E-state index contributed by atoms with van der Waals surface area (Å²) in [5.41, 5.74) is 3.62. The van der Waals surface area contributed by atoms with Crippen molar-refractivity contribution in [2.45, 2.75) is 87.9 Å². The summed E-state index contributed by atoms with van der Waals surface area (Å²) in [7, 11) is 0. The highest BCUT2D eigenvalue weighted by Gasteiger charge is 2.55. The number of fused-ring (bicyclic) bond motifs is 1. The molecule has 0 aromatic heterocycles. The van der Waals surface area contributed by atoms with Gasteiger partial charge in [0, 0.05) is 16.4 Å². The predicted octanol–water partition coefficient (Wildman–Crippen LogP) is 8.31. The van der Waals surface area contributed by atoms with E-state index in [1.54, 1.807) is 18.1 Å². The van der Waals surface area contributed by atoms with Gasteiger partial charge in [0.2, 0.25) is 0 Å². The fraction of sp³-hybridized carbons (Fsp3) is 0.650. The van der Waals surface area contributed by atoms with Gasteiger partial charge in [0.1, 0.15) is 50.5 Å². The molecule has 2 aromatic carbocycles. The van der Waals surface area contributed by atoms with Gasteiger partial charge in [-0.05, 0) is 147 Å². The standard InChI is InChI=1S/C40H48O6/c1-3-36(44-8-6-42-22-32-24-46-32)38(40-18-28-12-29(19-40)14-30(13-28)20-40)37-33(1)35(43-7-5-41-21-31-23-45-31)4-2-34(37)39-15-25-9-26(16-39)11-27(10-25)17-39/h1-4,23-30H,5-22H2. The van der Waals surface area contributed by atoms with Gasteiger partial charge in [-0.1, -0.05) is 6.07 Å². The van der Waals surface area contributed by atoms with E-state index in [-0.39, 0.29) is 10.8 Å². The Labute approximate surface area is 272 Å². The molecule has 8 saturated carbocycles. The molecular weight excluding hydrogens is 576 g/mol. The van der Waals surface area contributed by atoms with Crippen molar-refractivity contribution in [1.82, 2.24) is 0 Å². The summed E-state index contributed by atoms with van der Waals surface area (Å²) in [6.45, 7) is 3.25. The molecule has 0 atom stereocenters. The summed E-state index contributed by atoms with van der Waals surface area (Å²) in [5, 5.41) is 2.78. The zero-order valence-corrected chi connectivity index (χ0v) is 27.1. The number of benzene rings is 2. The van der Waals surface area contributed by atoms with Crippen LogP contribution in [-0.2, 0) is 29.8 Å². The molecule has 6 nitrogen and oxygen atoms in total. The topological polar surface area (TPSA) is 62.0 Å². The molecule has 244 valence electrons. The summed E-state index contributed by atoms with van der Waals surface area (Å²) in [5.74, 6) is 9.19. The average molecular weight is 625 g/mol. The minimum atomic E-state index is 0.188. The molecule has 2 heterocycles. The molecule has 6 heteroatoms. The van der Waals surface area contributed by atoms with Crippen molar-refractivity contribution in [2.75, 3.05) is 39.6 Å². The Morgan fingerprint density at radius 3 is 1.50 bits per heavy atom. The molecule has 2 aromatic rings. The van der Waals surface area contributed by atoms with Crippen LogP contribution in [0.5, 0.6) is 11.5 Å². The van der Waals surface area contributed by atoms with E-state index in [4.69, 9.17) is 28.4 Å². The maximum absolute atomic E-state index is 6.83. The summed E-state index contributed by atoms with van der Waals surface area (Å²) in [4.78, 5) is 0. The van der Waals surface area contributed by atoms with Crippen molar-refractivity contribution >= 4 is 10.8 Å². The van der Waals surface area contributed by atoms with E-state index >= 15 is 0 Å². The lowest BCUT2D eigenvalue weighted by Crippen LogP contribution is -2.50. The second kappa shape index (κ2) is 10.9. The Balaban J connectivity index is 1.08. The van der Waals surface area contributed by atoms with Crippen LogP contribution in [0.3, 0.4) is 0 Å². The number of ether oxygens (including phenoxy) is 6. The number of hydrogen-bond acceptors (Lipinski definition) is 6. The van der Waals surface area contributed by atoms with E-state index in [1.807, 2.05) is 0 Å². The van der Waals surface area contributed by atoms with Crippen LogP contribution in [0, 0.1) is 35.5 Å². The maximum Gasteiger partial charge on any atom is 0.164 e. The lowest BCUT2D eigenvalue weighted by atomic mass is 9.46. The van der Waals surface area contributed by atoms with Gasteiger partial charge in [-0.3, -0.25) is 0 Å². The second-order valence-corrected chi connectivity index (χ2v) is 16.6. The fourth-order valence-electron chi connectivity index (χ4n) is 12.5. The molecule has 8 aliphatic carbocycles. The molecule has 8 fully saturated rings. The van der Waals surface area contributed by atoms with Gasteiger partial charge < -0.3 is 28.4 Å². The second-order valence-electron chi connectivity index (χ2n) is 16.6. The molecule has 0 N–H and O–H groups in total. The van der Waals surface area contributed by atoms with Crippen LogP contribution in [0.2, 0.25) is 0 Å². The van der Waals surface area contributed by atoms with Crippen LogP contribution in [-0.4, -0.2) is 39.6 Å². The lowest BCUT2D eigenvalue weighted by molar-refractivity contribution is -0.00770. The first-order valence-corrected chi connectivity index (χ1v) is 18.3. The minimum absolute atomic E-state index is 0.188. The molecule has 12 rings (SSSR count). The maximum atomic E-state index is 6.83. The van der Waals surface area contributed by atoms with Crippen molar-refractivity contribution in [3.8, 4) is 11.5 Å². The third-order valence-corrected chi connectivity index (χ3v) is 13.3. The Morgan fingerprint density at radius 1 is 0.543 bits per heavy atom. The van der Waals surface area contributed by atoms with Gasteiger partial charge in [0.15, 0.2) is 11.5 Å². The van der Waals surface area contributed by atoms with E-state index in [9.17, 15) is 0 Å².